The van der Waals surface area contributed by atoms with E-state index in [0.717, 1.165) is 12.0 Å². The number of amides is 1. The lowest BCUT2D eigenvalue weighted by atomic mass is 9.96. The third-order valence-corrected chi connectivity index (χ3v) is 3.24. The van der Waals surface area contributed by atoms with Gasteiger partial charge in [-0.2, -0.15) is 0 Å². The molecule has 0 radical (unpaired) electrons. The summed E-state index contributed by atoms with van der Waals surface area (Å²) < 4.78 is 0. The van der Waals surface area contributed by atoms with E-state index < -0.39 is 5.97 Å². The molecule has 0 spiro atoms. The van der Waals surface area contributed by atoms with Crippen molar-refractivity contribution in [3.8, 4) is 0 Å². The molecule has 4 nitrogen and oxygen atoms in total. The quantitative estimate of drug-likeness (QED) is 0.869. The zero-order valence-corrected chi connectivity index (χ0v) is 12.6. The maximum atomic E-state index is 12.1. The first-order chi connectivity index (χ1) is 9.31. The fourth-order valence-corrected chi connectivity index (χ4v) is 2.17. The molecule has 1 aromatic carbocycles. The highest BCUT2D eigenvalue weighted by atomic mass is 16.4. The predicted octanol–water partition coefficient (Wildman–Crippen LogP) is 2.53. The first-order valence-electron chi connectivity index (χ1n) is 6.87. The third kappa shape index (κ3) is 4.68. The van der Waals surface area contributed by atoms with Crippen LogP contribution in [0, 0.1) is 5.92 Å². The molecule has 4 heteroatoms. The number of carbonyl (C=O) groups excluding carboxylic acids is 1. The van der Waals surface area contributed by atoms with E-state index in [1.807, 2.05) is 24.3 Å². The Hall–Kier alpha value is -1.84. The zero-order chi connectivity index (χ0) is 15.3. The number of likely N-dealkylation sites (N-methyl/N-ethyl adjacent to an activating group) is 1. The molecule has 0 fully saturated rings. The number of hydrogen-bond donors (Lipinski definition) is 1. The van der Waals surface area contributed by atoms with Gasteiger partial charge >= 0.3 is 5.97 Å². The molecule has 110 valence electrons. The van der Waals surface area contributed by atoms with E-state index in [0.29, 0.717) is 5.92 Å². The Balaban J connectivity index is 2.74. The van der Waals surface area contributed by atoms with Crippen molar-refractivity contribution >= 4 is 11.9 Å². The van der Waals surface area contributed by atoms with Crippen molar-refractivity contribution < 1.29 is 14.7 Å². The van der Waals surface area contributed by atoms with E-state index in [1.165, 1.54) is 17.5 Å². The van der Waals surface area contributed by atoms with E-state index >= 15 is 0 Å². The van der Waals surface area contributed by atoms with Gasteiger partial charge in [0, 0.05) is 7.05 Å². The molecule has 1 amide bonds. The van der Waals surface area contributed by atoms with E-state index in [2.05, 4.69) is 13.8 Å². The third-order valence-electron chi connectivity index (χ3n) is 3.24. The van der Waals surface area contributed by atoms with Crippen molar-refractivity contribution in [2.45, 2.75) is 33.1 Å². The Labute approximate surface area is 120 Å². The molecule has 0 unspecified atom stereocenters. The smallest absolute Gasteiger partial charge is 0.323 e. The molecule has 0 saturated heterocycles. The van der Waals surface area contributed by atoms with Gasteiger partial charge in [0.25, 0.3) is 0 Å². The highest BCUT2D eigenvalue weighted by Crippen LogP contribution is 2.19. The number of carboxylic acid groups (broad SMARTS) is 1. The van der Waals surface area contributed by atoms with Gasteiger partial charge in [0.15, 0.2) is 0 Å². The van der Waals surface area contributed by atoms with Crippen LogP contribution in [0.3, 0.4) is 0 Å². The molecular weight excluding hydrogens is 254 g/mol. The van der Waals surface area contributed by atoms with E-state index in [1.54, 1.807) is 6.92 Å². The highest BCUT2D eigenvalue weighted by Gasteiger charge is 2.20. The van der Waals surface area contributed by atoms with Crippen LogP contribution in [0.1, 0.15) is 37.8 Å². The summed E-state index contributed by atoms with van der Waals surface area (Å²) in [6.45, 7) is 5.87. The lowest BCUT2D eigenvalue weighted by Gasteiger charge is -2.20. The van der Waals surface area contributed by atoms with Crippen LogP contribution in [0.4, 0.5) is 0 Å². The Bertz CT molecular complexity index is 465. The van der Waals surface area contributed by atoms with E-state index in [-0.39, 0.29) is 18.4 Å². The van der Waals surface area contributed by atoms with Gasteiger partial charge in [-0.05, 0) is 30.4 Å². The van der Waals surface area contributed by atoms with Gasteiger partial charge in [-0.1, -0.05) is 38.1 Å². The Morgan fingerprint density at radius 3 is 2.15 bits per heavy atom. The average molecular weight is 277 g/mol. The topological polar surface area (TPSA) is 57.6 Å². The number of nitrogens with zero attached hydrogens (tertiary/aromatic N) is 1. The summed E-state index contributed by atoms with van der Waals surface area (Å²) in [6.07, 6.45) is 1.02. The predicted molar refractivity (Wildman–Crippen MR) is 78.7 cm³/mol. The number of benzene rings is 1. The molecular formula is C16H23NO3. The van der Waals surface area contributed by atoms with Gasteiger partial charge in [-0.3, -0.25) is 9.59 Å². The molecule has 0 aromatic heterocycles. The van der Waals surface area contributed by atoms with Crippen molar-refractivity contribution in [2.24, 2.45) is 5.92 Å². The first kappa shape index (κ1) is 16.2. The maximum Gasteiger partial charge on any atom is 0.323 e. The number of carboxylic acids is 1. The van der Waals surface area contributed by atoms with Gasteiger partial charge in [0.2, 0.25) is 5.91 Å². The molecule has 0 bridgehead atoms. The van der Waals surface area contributed by atoms with Crippen molar-refractivity contribution in [3.05, 3.63) is 35.4 Å². The monoisotopic (exact) mass is 277 g/mol. The molecule has 1 aromatic rings. The van der Waals surface area contributed by atoms with Crippen molar-refractivity contribution in [3.63, 3.8) is 0 Å². The van der Waals surface area contributed by atoms with E-state index in [9.17, 15) is 9.59 Å². The zero-order valence-electron chi connectivity index (χ0n) is 12.6. The Morgan fingerprint density at radius 1 is 1.15 bits per heavy atom. The SMILES string of the molecule is CC(C)Cc1ccc([C@H](C)C(=O)N(C)CC(=O)O)cc1. The van der Waals surface area contributed by atoms with Gasteiger partial charge in [0.05, 0.1) is 5.92 Å². The van der Waals surface area contributed by atoms with Crippen LogP contribution in [-0.2, 0) is 16.0 Å². The number of carbonyl (C=O) groups is 2. The maximum absolute atomic E-state index is 12.1. The summed E-state index contributed by atoms with van der Waals surface area (Å²) in [5, 5.41) is 8.71. The molecule has 0 aliphatic heterocycles. The fraction of sp³-hybridized carbons (Fsp3) is 0.500. The van der Waals surface area contributed by atoms with Crippen LogP contribution in [0.5, 0.6) is 0 Å². The van der Waals surface area contributed by atoms with Crippen LogP contribution in [-0.4, -0.2) is 35.5 Å². The molecule has 1 atom stereocenters. The number of rotatable bonds is 6. The molecule has 0 heterocycles. The average Bonchev–Trinajstić information content (AvgIpc) is 2.36. The van der Waals surface area contributed by atoms with Gasteiger partial charge in [-0.15, -0.1) is 0 Å². The normalized spacial score (nSPS) is 12.2. The molecule has 1 rings (SSSR count). The van der Waals surface area contributed by atoms with Crippen molar-refractivity contribution in [2.75, 3.05) is 13.6 Å². The molecule has 20 heavy (non-hydrogen) atoms. The van der Waals surface area contributed by atoms with Crippen molar-refractivity contribution in [1.82, 2.24) is 4.90 Å². The standard InChI is InChI=1S/C16H23NO3/c1-11(2)9-13-5-7-14(8-6-13)12(3)16(20)17(4)10-15(18)19/h5-8,11-12H,9-10H2,1-4H3,(H,18,19)/t12-/m0/s1. The minimum atomic E-state index is -1.000. The minimum absolute atomic E-state index is 0.177. The fourth-order valence-electron chi connectivity index (χ4n) is 2.17. The lowest BCUT2D eigenvalue weighted by Crippen LogP contribution is -2.34. The second-order valence-corrected chi connectivity index (χ2v) is 5.65. The molecule has 0 aliphatic rings. The van der Waals surface area contributed by atoms with Crippen LogP contribution in [0.25, 0.3) is 0 Å². The summed E-state index contributed by atoms with van der Waals surface area (Å²) in [5.41, 5.74) is 2.17. The number of hydrogen-bond acceptors (Lipinski definition) is 2. The van der Waals surface area contributed by atoms with Gasteiger partial charge in [-0.25, -0.2) is 0 Å². The molecule has 0 saturated carbocycles. The number of aliphatic carboxylic acids is 1. The van der Waals surface area contributed by atoms with E-state index in [4.69, 9.17) is 5.11 Å². The first-order valence-corrected chi connectivity index (χ1v) is 6.87. The van der Waals surface area contributed by atoms with Crippen LogP contribution in [0.2, 0.25) is 0 Å². The summed E-state index contributed by atoms with van der Waals surface area (Å²) in [5.74, 6) is -0.904. The van der Waals surface area contributed by atoms with Crippen LogP contribution in [0.15, 0.2) is 24.3 Å². The van der Waals surface area contributed by atoms with Gasteiger partial charge < -0.3 is 10.0 Å². The Kier molecular flexibility index (Phi) is 5.74. The second-order valence-electron chi connectivity index (χ2n) is 5.65. The summed E-state index contributed by atoms with van der Waals surface area (Å²) >= 11 is 0. The summed E-state index contributed by atoms with van der Waals surface area (Å²) in [4.78, 5) is 24.0. The highest BCUT2D eigenvalue weighted by molar-refractivity contribution is 5.86. The van der Waals surface area contributed by atoms with Gasteiger partial charge in [0.1, 0.15) is 6.54 Å². The lowest BCUT2D eigenvalue weighted by molar-refractivity contribution is -0.143. The second kappa shape index (κ2) is 7.08. The molecule has 0 aliphatic carbocycles. The largest absolute Gasteiger partial charge is 0.480 e. The molecule has 1 N–H and O–H groups in total. The summed E-state index contributed by atoms with van der Waals surface area (Å²) in [7, 11) is 1.51. The van der Waals surface area contributed by atoms with Crippen LogP contribution < -0.4 is 0 Å². The minimum Gasteiger partial charge on any atom is -0.480 e. The summed E-state index contributed by atoms with van der Waals surface area (Å²) in [6, 6.07) is 7.98. The Morgan fingerprint density at radius 2 is 1.70 bits per heavy atom. The van der Waals surface area contributed by atoms with Crippen LogP contribution >= 0.6 is 0 Å². The van der Waals surface area contributed by atoms with Crippen molar-refractivity contribution in [1.29, 1.82) is 0 Å².